The lowest BCUT2D eigenvalue weighted by Gasteiger charge is -2.17. The number of nitrogens with one attached hydrogen (secondary N) is 1. The molecule has 0 amide bonds. The molecule has 0 aliphatic rings. The third kappa shape index (κ3) is 3.84. The minimum absolute atomic E-state index is 0.0480. The smallest absolute Gasteiger partial charge is 0.165 e. The van der Waals surface area contributed by atoms with Crippen LogP contribution in [0.5, 0.6) is 11.5 Å². The van der Waals surface area contributed by atoms with E-state index >= 15 is 0 Å². The molecule has 0 saturated heterocycles. The summed E-state index contributed by atoms with van der Waals surface area (Å²) in [5, 5.41) is 7.71. The van der Waals surface area contributed by atoms with E-state index in [2.05, 4.69) is 10.4 Å². The fraction of sp³-hybridized carbons (Fsp3) is 0.286. The molecule has 7 heteroatoms. The van der Waals surface area contributed by atoms with Crippen molar-refractivity contribution in [2.75, 3.05) is 14.2 Å². The number of halogens is 2. The summed E-state index contributed by atoms with van der Waals surface area (Å²) in [4.78, 5) is 0. The third-order valence-electron chi connectivity index (χ3n) is 4.74. The van der Waals surface area contributed by atoms with Crippen molar-refractivity contribution in [3.8, 4) is 17.2 Å². The molecule has 1 aromatic heterocycles. The molecule has 1 unspecified atom stereocenters. The van der Waals surface area contributed by atoms with Gasteiger partial charge >= 0.3 is 0 Å². The van der Waals surface area contributed by atoms with Crippen molar-refractivity contribution >= 4 is 0 Å². The minimum atomic E-state index is -0.653. The molecule has 1 atom stereocenters. The average molecular weight is 387 g/mol. The Kier molecular flexibility index (Phi) is 5.94. The van der Waals surface area contributed by atoms with E-state index < -0.39 is 11.6 Å². The van der Waals surface area contributed by atoms with Gasteiger partial charge in [-0.3, -0.25) is 0 Å². The molecule has 28 heavy (non-hydrogen) atoms. The number of hydrogen-bond donors (Lipinski definition) is 1. The lowest BCUT2D eigenvalue weighted by atomic mass is 10.1. The molecule has 3 rings (SSSR count). The molecule has 0 spiro atoms. The summed E-state index contributed by atoms with van der Waals surface area (Å²) in [7, 11) is 3.21. The zero-order chi connectivity index (χ0) is 20.3. The maximum Gasteiger partial charge on any atom is 0.165 e. The lowest BCUT2D eigenvalue weighted by molar-refractivity contribution is 0.350. The summed E-state index contributed by atoms with van der Waals surface area (Å²) < 4.78 is 39.6. The van der Waals surface area contributed by atoms with E-state index in [4.69, 9.17) is 9.47 Å². The number of methoxy groups -OCH3 is 2. The largest absolute Gasteiger partial charge is 0.493 e. The van der Waals surface area contributed by atoms with Gasteiger partial charge in [0.15, 0.2) is 17.3 Å². The highest BCUT2D eigenvalue weighted by Gasteiger charge is 2.17. The van der Waals surface area contributed by atoms with Crippen molar-refractivity contribution in [1.29, 1.82) is 0 Å². The SMILES string of the molecule is COc1cccc(CNC(C)c2cnn(-c3ccc(F)cc3F)c2C)c1OC. The van der Waals surface area contributed by atoms with Crippen LogP contribution in [-0.2, 0) is 6.54 Å². The van der Waals surface area contributed by atoms with Crippen molar-refractivity contribution in [3.63, 3.8) is 0 Å². The van der Waals surface area contributed by atoms with Crippen molar-refractivity contribution in [2.45, 2.75) is 26.4 Å². The van der Waals surface area contributed by atoms with E-state index in [9.17, 15) is 8.78 Å². The molecular formula is C21H23F2N3O2. The fourth-order valence-corrected chi connectivity index (χ4v) is 3.21. The Balaban J connectivity index is 1.79. The Morgan fingerprint density at radius 1 is 1.14 bits per heavy atom. The number of nitrogens with zero attached hydrogens (tertiary/aromatic N) is 2. The lowest BCUT2D eigenvalue weighted by Crippen LogP contribution is -2.19. The first-order valence-corrected chi connectivity index (χ1v) is 8.89. The number of hydrogen-bond acceptors (Lipinski definition) is 4. The molecule has 0 aliphatic carbocycles. The zero-order valence-corrected chi connectivity index (χ0v) is 16.3. The highest BCUT2D eigenvalue weighted by atomic mass is 19.1. The van der Waals surface area contributed by atoms with Crippen LogP contribution >= 0.6 is 0 Å². The van der Waals surface area contributed by atoms with E-state index in [0.717, 1.165) is 22.9 Å². The average Bonchev–Trinajstić information content (AvgIpc) is 3.06. The first kappa shape index (κ1) is 19.8. The van der Waals surface area contributed by atoms with Crippen molar-refractivity contribution in [1.82, 2.24) is 15.1 Å². The Morgan fingerprint density at radius 3 is 2.61 bits per heavy atom. The fourth-order valence-electron chi connectivity index (χ4n) is 3.21. The second-order valence-electron chi connectivity index (χ2n) is 6.45. The Hall–Kier alpha value is -2.93. The second-order valence-corrected chi connectivity index (χ2v) is 6.45. The van der Waals surface area contributed by atoms with Crippen LogP contribution in [0.3, 0.4) is 0 Å². The van der Waals surface area contributed by atoms with Gasteiger partial charge in [-0.1, -0.05) is 12.1 Å². The predicted octanol–water partition coefficient (Wildman–Crippen LogP) is 4.33. The minimum Gasteiger partial charge on any atom is -0.493 e. The Labute approximate surface area is 162 Å². The van der Waals surface area contributed by atoms with Gasteiger partial charge < -0.3 is 14.8 Å². The number of ether oxygens (including phenoxy) is 2. The highest BCUT2D eigenvalue weighted by molar-refractivity contribution is 5.46. The van der Waals surface area contributed by atoms with E-state index in [-0.39, 0.29) is 11.7 Å². The molecule has 0 fully saturated rings. The highest BCUT2D eigenvalue weighted by Crippen LogP contribution is 2.31. The van der Waals surface area contributed by atoms with Gasteiger partial charge in [0.05, 0.1) is 20.4 Å². The summed E-state index contributed by atoms with van der Waals surface area (Å²) in [6.45, 7) is 4.41. The topological polar surface area (TPSA) is 48.3 Å². The monoisotopic (exact) mass is 387 g/mol. The normalized spacial score (nSPS) is 12.1. The second kappa shape index (κ2) is 8.39. The molecule has 0 aliphatic heterocycles. The van der Waals surface area contributed by atoms with Gasteiger partial charge in [-0.05, 0) is 32.0 Å². The predicted molar refractivity (Wildman–Crippen MR) is 103 cm³/mol. The molecule has 2 aromatic carbocycles. The summed E-state index contributed by atoms with van der Waals surface area (Å²) in [5.41, 5.74) is 2.88. The van der Waals surface area contributed by atoms with Crippen LogP contribution < -0.4 is 14.8 Å². The van der Waals surface area contributed by atoms with Gasteiger partial charge in [0.2, 0.25) is 0 Å². The van der Waals surface area contributed by atoms with Gasteiger partial charge in [-0.25, -0.2) is 13.5 Å². The molecule has 1 heterocycles. The van der Waals surface area contributed by atoms with Crippen molar-refractivity contribution in [3.05, 3.63) is 71.1 Å². The van der Waals surface area contributed by atoms with E-state index in [0.29, 0.717) is 18.0 Å². The van der Waals surface area contributed by atoms with Gasteiger partial charge in [0.1, 0.15) is 11.5 Å². The molecule has 148 valence electrons. The molecule has 3 aromatic rings. The third-order valence-corrected chi connectivity index (χ3v) is 4.74. The number of rotatable bonds is 7. The summed E-state index contributed by atoms with van der Waals surface area (Å²) in [6.07, 6.45) is 1.69. The number of aromatic nitrogens is 2. The summed E-state index contributed by atoms with van der Waals surface area (Å²) >= 11 is 0. The molecule has 0 bridgehead atoms. The molecule has 1 N–H and O–H groups in total. The van der Waals surface area contributed by atoms with E-state index in [1.165, 1.54) is 16.8 Å². The Morgan fingerprint density at radius 2 is 1.93 bits per heavy atom. The van der Waals surface area contributed by atoms with Crippen LogP contribution in [0.2, 0.25) is 0 Å². The first-order valence-electron chi connectivity index (χ1n) is 8.89. The quantitative estimate of drug-likeness (QED) is 0.656. The Bertz CT molecular complexity index is 972. The van der Waals surface area contributed by atoms with E-state index in [1.807, 2.05) is 32.0 Å². The summed E-state index contributed by atoms with van der Waals surface area (Å²) in [5.74, 6) is 0.0868. The van der Waals surface area contributed by atoms with Gasteiger partial charge in [-0.2, -0.15) is 5.10 Å². The maximum absolute atomic E-state index is 14.1. The van der Waals surface area contributed by atoms with Gasteiger partial charge in [-0.15, -0.1) is 0 Å². The number of para-hydroxylation sites is 1. The summed E-state index contributed by atoms with van der Waals surface area (Å²) in [6, 6.07) is 9.12. The van der Waals surface area contributed by atoms with Crippen LogP contribution in [0, 0.1) is 18.6 Å². The van der Waals surface area contributed by atoms with Gasteiger partial charge in [0.25, 0.3) is 0 Å². The van der Waals surface area contributed by atoms with Crippen LogP contribution in [0.15, 0.2) is 42.6 Å². The molecule has 5 nitrogen and oxygen atoms in total. The van der Waals surface area contributed by atoms with Crippen LogP contribution in [-0.4, -0.2) is 24.0 Å². The maximum atomic E-state index is 14.1. The van der Waals surface area contributed by atoms with Crippen molar-refractivity contribution < 1.29 is 18.3 Å². The molecular weight excluding hydrogens is 364 g/mol. The first-order chi connectivity index (χ1) is 13.5. The van der Waals surface area contributed by atoms with E-state index in [1.54, 1.807) is 20.4 Å². The van der Waals surface area contributed by atoms with Gasteiger partial charge in [0, 0.05) is 35.5 Å². The van der Waals surface area contributed by atoms with Crippen LogP contribution in [0.4, 0.5) is 8.78 Å². The molecule has 0 saturated carbocycles. The standard InChI is InChI=1S/C21H23F2N3O2/c1-13(24-11-15-6-5-7-20(27-3)21(15)28-4)17-12-25-26(14(17)2)19-9-8-16(22)10-18(19)23/h5-10,12-13,24H,11H2,1-4H3. The van der Waals surface area contributed by atoms with Crippen LogP contribution in [0.1, 0.15) is 29.8 Å². The number of benzene rings is 2. The van der Waals surface area contributed by atoms with Crippen LogP contribution in [0.25, 0.3) is 5.69 Å². The zero-order valence-electron chi connectivity index (χ0n) is 16.3. The van der Waals surface area contributed by atoms with Crippen molar-refractivity contribution in [2.24, 2.45) is 0 Å². The molecule has 0 radical (unpaired) electrons.